The highest BCUT2D eigenvalue weighted by Crippen LogP contribution is 2.32. The van der Waals surface area contributed by atoms with Crippen LogP contribution in [0.4, 0.5) is 11.4 Å². The fraction of sp³-hybridized carbons (Fsp3) is 0.120. The SMILES string of the molecule is CCOc1ccccc1-c1cc(C(=O)Nc2cccc([N+](=O)[O-])c2C)c2ccccc2n1. The van der Waals surface area contributed by atoms with Crippen LogP contribution < -0.4 is 10.1 Å². The van der Waals surface area contributed by atoms with Crippen molar-refractivity contribution in [3.05, 3.63) is 94.0 Å². The van der Waals surface area contributed by atoms with E-state index >= 15 is 0 Å². The normalized spacial score (nSPS) is 10.7. The fourth-order valence-electron chi connectivity index (χ4n) is 3.61. The molecule has 1 heterocycles. The second-order valence-corrected chi connectivity index (χ2v) is 7.16. The van der Waals surface area contributed by atoms with Gasteiger partial charge in [-0.05, 0) is 44.2 Å². The molecule has 0 saturated carbocycles. The molecule has 3 aromatic carbocycles. The molecule has 160 valence electrons. The van der Waals surface area contributed by atoms with E-state index in [4.69, 9.17) is 9.72 Å². The fourth-order valence-corrected chi connectivity index (χ4v) is 3.61. The van der Waals surface area contributed by atoms with Gasteiger partial charge in [0.25, 0.3) is 11.6 Å². The highest BCUT2D eigenvalue weighted by molar-refractivity contribution is 6.13. The highest BCUT2D eigenvalue weighted by atomic mass is 16.6. The summed E-state index contributed by atoms with van der Waals surface area (Å²) in [5, 5.41) is 14.8. The molecule has 0 aliphatic heterocycles. The zero-order chi connectivity index (χ0) is 22.7. The molecule has 4 aromatic rings. The lowest BCUT2D eigenvalue weighted by atomic mass is 10.0. The van der Waals surface area contributed by atoms with Crippen LogP contribution in [0.1, 0.15) is 22.8 Å². The van der Waals surface area contributed by atoms with Gasteiger partial charge in [0.15, 0.2) is 0 Å². The summed E-state index contributed by atoms with van der Waals surface area (Å²) in [4.78, 5) is 28.9. The van der Waals surface area contributed by atoms with E-state index in [-0.39, 0.29) is 11.6 Å². The molecule has 0 spiro atoms. The number of carbonyl (C=O) groups is 1. The second kappa shape index (κ2) is 8.85. The van der Waals surface area contributed by atoms with Crippen molar-refractivity contribution in [3.63, 3.8) is 0 Å². The Bertz CT molecular complexity index is 1330. The first kappa shape index (κ1) is 21.0. The molecule has 1 aromatic heterocycles. The first-order valence-electron chi connectivity index (χ1n) is 10.2. The quantitative estimate of drug-likeness (QED) is 0.311. The molecule has 0 bridgehead atoms. The number of hydrogen-bond acceptors (Lipinski definition) is 5. The van der Waals surface area contributed by atoms with Gasteiger partial charge in [0.1, 0.15) is 5.75 Å². The Hall–Kier alpha value is -4.26. The minimum atomic E-state index is -0.463. The molecule has 7 nitrogen and oxygen atoms in total. The van der Waals surface area contributed by atoms with Gasteiger partial charge >= 0.3 is 0 Å². The molecule has 0 atom stereocenters. The Morgan fingerprint density at radius 1 is 1.06 bits per heavy atom. The number of aromatic nitrogens is 1. The molecule has 0 fully saturated rings. The number of rotatable bonds is 6. The van der Waals surface area contributed by atoms with E-state index in [0.29, 0.717) is 45.8 Å². The van der Waals surface area contributed by atoms with Crippen LogP contribution in [-0.2, 0) is 0 Å². The third-order valence-electron chi connectivity index (χ3n) is 5.17. The maximum Gasteiger partial charge on any atom is 0.274 e. The first-order chi connectivity index (χ1) is 15.5. The zero-order valence-corrected chi connectivity index (χ0v) is 17.7. The van der Waals surface area contributed by atoms with Crippen molar-refractivity contribution in [3.8, 4) is 17.0 Å². The minimum absolute atomic E-state index is 0.0475. The van der Waals surface area contributed by atoms with E-state index < -0.39 is 4.92 Å². The Morgan fingerprint density at radius 3 is 2.59 bits per heavy atom. The number of hydrogen-bond donors (Lipinski definition) is 1. The molecule has 0 radical (unpaired) electrons. The number of fused-ring (bicyclic) bond motifs is 1. The van der Waals surface area contributed by atoms with Gasteiger partial charge in [0.2, 0.25) is 0 Å². The summed E-state index contributed by atoms with van der Waals surface area (Å²) in [6, 6.07) is 21.2. The molecular formula is C25H21N3O4. The molecule has 0 saturated heterocycles. The van der Waals surface area contributed by atoms with E-state index in [0.717, 1.165) is 5.56 Å². The average molecular weight is 427 g/mol. The molecule has 7 heteroatoms. The van der Waals surface area contributed by atoms with E-state index in [1.165, 1.54) is 6.07 Å². The van der Waals surface area contributed by atoms with Gasteiger partial charge in [-0.2, -0.15) is 0 Å². The monoisotopic (exact) mass is 427 g/mol. The lowest BCUT2D eigenvalue weighted by Crippen LogP contribution is -2.14. The lowest BCUT2D eigenvalue weighted by molar-refractivity contribution is -0.385. The van der Waals surface area contributed by atoms with Crippen molar-refractivity contribution >= 4 is 28.2 Å². The van der Waals surface area contributed by atoms with Crippen molar-refractivity contribution < 1.29 is 14.5 Å². The van der Waals surface area contributed by atoms with Crippen molar-refractivity contribution in [1.29, 1.82) is 0 Å². The Morgan fingerprint density at radius 2 is 1.81 bits per heavy atom. The van der Waals surface area contributed by atoms with Gasteiger partial charge < -0.3 is 10.1 Å². The predicted octanol–water partition coefficient (Wildman–Crippen LogP) is 5.77. The van der Waals surface area contributed by atoms with Gasteiger partial charge in [-0.3, -0.25) is 14.9 Å². The first-order valence-corrected chi connectivity index (χ1v) is 10.2. The largest absolute Gasteiger partial charge is 0.493 e. The number of nitrogens with zero attached hydrogens (tertiary/aromatic N) is 2. The predicted molar refractivity (Wildman–Crippen MR) is 124 cm³/mol. The van der Waals surface area contributed by atoms with Crippen molar-refractivity contribution in [1.82, 2.24) is 4.98 Å². The number of nitrogens with one attached hydrogen (secondary N) is 1. The van der Waals surface area contributed by atoms with Crippen LogP contribution in [0.15, 0.2) is 72.8 Å². The summed E-state index contributed by atoms with van der Waals surface area (Å²) >= 11 is 0. The summed E-state index contributed by atoms with van der Waals surface area (Å²) in [5.74, 6) is 0.306. The van der Waals surface area contributed by atoms with Crippen LogP contribution >= 0.6 is 0 Å². The standard InChI is InChI=1S/C25H21N3O4/c1-3-32-24-14-7-5-10-18(24)22-15-19(17-9-4-6-11-21(17)26-22)25(29)27-20-12-8-13-23(16(20)2)28(30)31/h4-15H,3H2,1-2H3,(H,27,29). The van der Waals surface area contributed by atoms with Crippen LogP contribution in [0.5, 0.6) is 5.75 Å². The number of carbonyl (C=O) groups excluding carboxylic acids is 1. The Balaban J connectivity index is 1.82. The number of benzene rings is 3. The van der Waals surface area contributed by atoms with Gasteiger partial charge in [-0.1, -0.05) is 36.4 Å². The minimum Gasteiger partial charge on any atom is -0.493 e. The van der Waals surface area contributed by atoms with Crippen molar-refractivity contribution in [2.75, 3.05) is 11.9 Å². The number of nitro benzene ring substituents is 1. The number of para-hydroxylation sites is 2. The van der Waals surface area contributed by atoms with Gasteiger partial charge in [0.05, 0.1) is 39.6 Å². The van der Waals surface area contributed by atoms with Gasteiger partial charge in [0, 0.05) is 17.0 Å². The molecule has 0 unspecified atom stereocenters. The summed E-state index contributed by atoms with van der Waals surface area (Å²) in [6.07, 6.45) is 0. The topological polar surface area (TPSA) is 94.4 Å². The van der Waals surface area contributed by atoms with Crippen molar-refractivity contribution in [2.24, 2.45) is 0 Å². The molecular weight excluding hydrogens is 406 g/mol. The zero-order valence-electron chi connectivity index (χ0n) is 17.7. The van der Waals surface area contributed by atoms with E-state index in [9.17, 15) is 14.9 Å². The number of amides is 1. The van der Waals surface area contributed by atoms with E-state index in [2.05, 4.69) is 5.32 Å². The highest BCUT2D eigenvalue weighted by Gasteiger charge is 2.19. The summed E-state index contributed by atoms with van der Waals surface area (Å²) < 4.78 is 5.75. The molecule has 4 rings (SSSR count). The smallest absolute Gasteiger partial charge is 0.274 e. The van der Waals surface area contributed by atoms with Crippen LogP contribution in [-0.4, -0.2) is 22.4 Å². The number of nitro groups is 1. The Kier molecular flexibility index (Phi) is 5.81. The number of anilines is 1. The van der Waals surface area contributed by atoms with Crippen LogP contribution in [0.2, 0.25) is 0 Å². The van der Waals surface area contributed by atoms with Gasteiger partial charge in [-0.15, -0.1) is 0 Å². The lowest BCUT2D eigenvalue weighted by Gasteiger charge is -2.14. The van der Waals surface area contributed by atoms with Gasteiger partial charge in [-0.25, -0.2) is 4.98 Å². The second-order valence-electron chi connectivity index (χ2n) is 7.16. The van der Waals surface area contributed by atoms with Crippen LogP contribution in [0.25, 0.3) is 22.2 Å². The summed E-state index contributed by atoms with van der Waals surface area (Å²) in [5.41, 5.74) is 3.20. The number of pyridine rings is 1. The third-order valence-corrected chi connectivity index (χ3v) is 5.17. The summed E-state index contributed by atoms with van der Waals surface area (Å²) in [6.45, 7) is 4.02. The molecule has 0 aliphatic rings. The molecule has 1 N–H and O–H groups in total. The summed E-state index contributed by atoms with van der Waals surface area (Å²) in [7, 11) is 0. The van der Waals surface area contributed by atoms with Crippen LogP contribution in [0.3, 0.4) is 0 Å². The maximum atomic E-state index is 13.3. The molecule has 0 aliphatic carbocycles. The van der Waals surface area contributed by atoms with E-state index in [1.807, 2.05) is 55.5 Å². The number of ether oxygens (including phenoxy) is 1. The molecule has 32 heavy (non-hydrogen) atoms. The van der Waals surface area contributed by atoms with Crippen LogP contribution in [0, 0.1) is 17.0 Å². The maximum absolute atomic E-state index is 13.3. The third kappa shape index (κ3) is 4.00. The van der Waals surface area contributed by atoms with E-state index in [1.54, 1.807) is 25.1 Å². The Labute approximate surface area is 184 Å². The average Bonchev–Trinajstić information content (AvgIpc) is 2.80. The van der Waals surface area contributed by atoms with Crippen molar-refractivity contribution in [2.45, 2.75) is 13.8 Å². The molecule has 1 amide bonds.